The molecule has 3 rings (SSSR count). The average molecular weight is 291 g/mol. The summed E-state index contributed by atoms with van der Waals surface area (Å²) in [5.41, 5.74) is 1.65. The van der Waals surface area contributed by atoms with Gasteiger partial charge in [0.05, 0.1) is 5.69 Å². The number of hydrogen-bond acceptors (Lipinski definition) is 4. The predicted molar refractivity (Wildman–Crippen MR) is 83.9 cm³/mol. The molecule has 1 spiro atoms. The maximum atomic E-state index is 4.29. The Morgan fingerprint density at radius 3 is 2.67 bits per heavy atom. The number of nitrogens with one attached hydrogen (secondary N) is 1. The van der Waals surface area contributed by atoms with Crippen molar-refractivity contribution in [2.24, 2.45) is 7.05 Å². The normalized spacial score (nSPS) is 29.9. The van der Waals surface area contributed by atoms with Crippen LogP contribution in [0.25, 0.3) is 0 Å². The Hall–Kier alpha value is -0.940. The van der Waals surface area contributed by atoms with E-state index >= 15 is 0 Å². The molecule has 2 fully saturated rings. The van der Waals surface area contributed by atoms with Gasteiger partial charge in [0.2, 0.25) is 0 Å². The van der Waals surface area contributed by atoms with Crippen molar-refractivity contribution >= 4 is 0 Å². The lowest BCUT2D eigenvalue weighted by Gasteiger charge is -2.54. The van der Waals surface area contributed by atoms with E-state index in [0.717, 1.165) is 31.7 Å². The summed E-state index contributed by atoms with van der Waals surface area (Å²) in [6.07, 6.45) is 10.00. The molecular weight excluding hydrogens is 262 g/mol. The van der Waals surface area contributed by atoms with Crippen LogP contribution in [-0.2, 0) is 13.6 Å². The second-order valence-corrected chi connectivity index (χ2v) is 7.28. The Bertz CT molecular complexity index is 477. The molecule has 0 amide bonds. The van der Waals surface area contributed by atoms with Gasteiger partial charge in [-0.3, -0.25) is 9.58 Å². The highest BCUT2D eigenvalue weighted by atomic mass is 15.4. The van der Waals surface area contributed by atoms with Gasteiger partial charge >= 0.3 is 0 Å². The van der Waals surface area contributed by atoms with Gasteiger partial charge in [-0.1, -0.05) is 31.4 Å². The first kappa shape index (κ1) is 15.0. The van der Waals surface area contributed by atoms with Crippen LogP contribution >= 0.6 is 0 Å². The van der Waals surface area contributed by atoms with Gasteiger partial charge in [0.1, 0.15) is 0 Å². The van der Waals surface area contributed by atoms with Gasteiger partial charge in [0, 0.05) is 44.0 Å². The molecule has 1 unspecified atom stereocenters. The number of hydrogen-bond donors (Lipinski definition) is 1. The third-order valence-corrected chi connectivity index (χ3v) is 5.68. The molecule has 2 aliphatic rings. The highest BCUT2D eigenvalue weighted by molar-refractivity contribution is 5.06. The van der Waals surface area contributed by atoms with E-state index in [-0.39, 0.29) is 5.54 Å². The van der Waals surface area contributed by atoms with Gasteiger partial charge in [0.15, 0.2) is 0 Å². The third kappa shape index (κ3) is 2.99. The van der Waals surface area contributed by atoms with Crippen molar-refractivity contribution in [1.82, 2.24) is 25.2 Å². The van der Waals surface area contributed by atoms with Crippen molar-refractivity contribution in [3.8, 4) is 0 Å². The highest BCUT2D eigenvalue weighted by Gasteiger charge is 2.44. The third-order valence-electron chi connectivity index (χ3n) is 5.68. The standard InChI is InChI=1S/C16H29N5/c1-4-15(2)12-17-16(8-6-5-7-9-16)13-21(15)11-14-10-20(3)19-18-14/h10,17H,4-9,11-13H2,1-3H3. The molecule has 118 valence electrons. The Balaban J connectivity index is 1.78. The van der Waals surface area contributed by atoms with Crippen LogP contribution in [0.5, 0.6) is 0 Å². The predicted octanol–water partition coefficient (Wildman–Crippen LogP) is 2.09. The van der Waals surface area contributed by atoms with Gasteiger partial charge in [-0.15, -0.1) is 5.10 Å². The van der Waals surface area contributed by atoms with Crippen LogP contribution in [0.4, 0.5) is 0 Å². The molecule has 5 nitrogen and oxygen atoms in total. The zero-order valence-electron chi connectivity index (χ0n) is 13.7. The molecule has 1 aliphatic carbocycles. The first-order chi connectivity index (χ1) is 10.1. The minimum absolute atomic E-state index is 0.222. The van der Waals surface area contributed by atoms with Gasteiger partial charge in [0.25, 0.3) is 0 Å². The minimum atomic E-state index is 0.222. The smallest absolute Gasteiger partial charge is 0.0967 e. The molecule has 1 N–H and O–H groups in total. The number of aromatic nitrogens is 3. The lowest BCUT2D eigenvalue weighted by molar-refractivity contribution is -0.00814. The maximum absolute atomic E-state index is 4.29. The van der Waals surface area contributed by atoms with Gasteiger partial charge in [-0.25, -0.2) is 0 Å². The van der Waals surface area contributed by atoms with Crippen LogP contribution in [-0.4, -0.2) is 44.1 Å². The Morgan fingerprint density at radius 1 is 1.29 bits per heavy atom. The molecule has 1 saturated carbocycles. The molecule has 1 aromatic heterocycles. The highest BCUT2D eigenvalue weighted by Crippen LogP contribution is 2.36. The SMILES string of the molecule is CCC1(C)CNC2(CCCCC2)CN1Cc1cn(C)nn1. The van der Waals surface area contributed by atoms with Crippen LogP contribution < -0.4 is 5.32 Å². The van der Waals surface area contributed by atoms with Crippen molar-refractivity contribution < 1.29 is 0 Å². The summed E-state index contributed by atoms with van der Waals surface area (Å²) in [7, 11) is 1.94. The fourth-order valence-electron chi connectivity index (χ4n) is 3.92. The van der Waals surface area contributed by atoms with Crippen LogP contribution in [0, 0.1) is 0 Å². The zero-order chi connectivity index (χ0) is 14.9. The van der Waals surface area contributed by atoms with E-state index in [4.69, 9.17) is 0 Å². The van der Waals surface area contributed by atoms with E-state index in [1.54, 1.807) is 4.68 Å². The van der Waals surface area contributed by atoms with Crippen LogP contribution in [0.15, 0.2) is 6.20 Å². The van der Waals surface area contributed by atoms with Gasteiger partial charge < -0.3 is 5.32 Å². The van der Waals surface area contributed by atoms with Gasteiger partial charge in [-0.2, -0.15) is 0 Å². The molecular formula is C16H29N5. The summed E-state index contributed by atoms with van der Waals surface area (Å²) in [5, 5.41) is 12.3. The summed E-state index contributed by atoms with van der Waals surface area (Å²) in [6, 6.07) is 0. The van der Waals surface area contributed by atoms with Crippen molar-refractivity contribution in [2.45, 2.75) is 70.0 Å². The molecule has 21 heavy (non-hydrogen) atoms. The largest absolute Gasteiger partial charge is 0.308 e. The molecule has 0 bridgehead atoms. The van der Waals surface area contributed by atoms with Crippen LogP contribution in [0.2, 0.25) is 0 Å². The minimum Gasteiger partial charge on any atom is -0.308 e. The van der Waals surface area contributed by atoms with E-state index in [0.29, 0.717) is 5.54 Å². The summed E-state index contributed by atoms with van der Waals surface area (Å²) < 4.78 is 1.80. The quantitative estimate of drug-likeness (QED) is 0.926. The molecule has 1 aromatic rings. The number of aryl methyl sites for hydroxylation is 1. The fourth-order valence-corrected chi connectivity index (χ4v) is 3.92. The first-order valence-electron chi connectivity index (χ1n) is 8.41. The molecule has 0 radical (unpaired) electrons. The van der Waals surface area contributed by atoms with E-state index in [1.807, 2.05) is 13.2 Å². The zero-order valence-corrected chi connectivity index (χ0v) is 13.7. The number of nitrogens with zero attached hydrogens (tertiary/aromatic N) is 4. The molecule has 0 aromatic carbocycles. The Labute approximate surface area is 128 Å². The Kier molecular flexibility index (Phi) is 4.06. The summed E-state index contributed by atoms with van der Waals surface area (Å²) >= 11 is 0. The van der Waals surface area contributed by atoms with Gasteiger partial charge in [-0.05, 0) is 26.2 Å². The van der Waals surface area contributed by atoms with E-state index in [1.165, 1.54) is 32.1 Å². The van der Waals surface area contributed by atoms with Crippen molar-refractivity contribution in [3.63, 3.8) is 0 Å². The molecule has 1 aliphatic heterocycles. The molecule has 2 heterocycles. The molecule has 1 atom stereocenters. The summed E-state index contributed by atoms with van der Waals surface area (Å²) in [4.78, 5) is 2.65. The number of rotatable bonds is 3. The second-order valence-electron chi connectivity index (χ2n) is 7.28. The fraction of sp³-hybridized carbons (Fsp3) is 0.875. The topological polar surface area (TPSA) is 46.0 Å². The summed E-state index contributed by atoms with van der Waals surface area (Å²) in [5.74, 6) is 0. The van der Waals surface area contributed by atoms with Crippen molar-refractivity contribution in [3.05, 3.63) is 11.9 Å². The van der Waals surface area contributed by atoms with E-state index in [2.05, 4.69) is 34.4 Å². The van der Waals surface area contributed by atoms with Crippen LogP contribution in [0.3, 0.4) is 0 Å². The Morgan fingerprint density at radius 2 is 2.05 bits per heavy atom. The second kappa shape index (κ2) is 5.69. The average Bonchev–Trinajstić information content (AvgIpc) is 2.90. The molecule has 5 heteroatoms. The van der Waals surface area contributed by atoms with E-state index < -0.39 is 0 Å². The monoisotopic (exact) mass is 291 g/mol. The lowest BCUT2D eigenvalue weighted by atomic mass is 9.77. The molecule has 1 saturated heterocycles. The number of piperazine rings is 1. The van der Waals surface area contributed by atoms with E-state index in [9.17, 15) is 0 Å². The van der Waals surface area contributed by atoms with Crippen molar-refractivity contribution in [2.75, 3.05) is 13.1 Å². The van der Waals surface area contributed by atoms with Crippen molar-refractivity contribution in [1.29, 1.82) is 0 Å². The van der Waals surface area contributed by atoms with Crippen LogP contribution in [0.1, 0.15) is 58.1 Å². The lowest BCUT2D eigenvalue weighted by Crippen LogP contribution is -2.69. The first-order valence-corrected chi connectivity index (χ1v) is 8.41. The summed E-state index contributed by atoms with van der Waals surface area (Å²) in [6.45, 7) is 7.83. The maximum Gasteiger partial charge on any atom is 0.0967 e.